The van der Waals surface area contributed by atoms with Crippen LogP contribution in [-0.4, -0.2) is 49.4 Å². The van der Waals surface area contributed by atoms with Gasteiger partial charge in [-0.05, 0) is 18.1 Å². The lowest BCUT2D eigenvalue weighted by Crippen LogP contribution is -2.44. The topological polar surface area (TPSA) is 76.0 Å². The van der Waals surface area contributed by atoms with Crippen molar-refractivity contribution >= 4 is 14.3 Å². The molecule has 0 aromatic heterocycles. The summed E-state index contributed by atoms with van der Waals surface area (Å²) in [6, 6.07) is 0. The minimum absolute atomic E-state index is 0.0547. The van der Waals surface area contributed by atoms with Gasteiger partial charge in [-0.1, -0.05) is 20.8 Å². The van der Waals surface area contributed by atoms with Crippen LogP contribution in [0.3, 0.4) is 0 Å². The second-order valence-corrected chi connectivity index (χ2v) is 10.8. The molecule has 5 nitrogen and oxygen atoms in total. The Morgan fingerprint density at radius 2 is 1.88 bits per heavy atom. The van der Waals surface area contributed by atoms with Crippen molar-refractivity contribution in [1.82, 2.24) is 0 Å². The molecule has 0 aromatic carbocycles. The first kappa shape index (κ1) is 14.6. The van der Waals surface area contributed by atoms with E-state index < -0.39 is 32.6 Å². The maximum atomic E-state index is 11.0. The van der Waals surface area contributed by atoms with E-state index in [1.807, 2.05) is 0 Å². The standard InChI is InChI=1S/C11H22O5Si/c1-11(2,3)17(4,5)15-6-7-8(12)9(13)10(14)16-7/h7-9,12-13H,6H2,1-5H3/t7-,8-,9-/m1/s1. The summed E-state index contributed by atoms with van der Waals surface area (Å²) in [7, 11) is -1.93. The fourth-order valence-corrected chi connectivity index (χ4v) is 2.28. The SMILES string of the molecule is CC(C)(C)[Si](C)(C)OC[C@H]1OC(=O)[C@H](O)[C@@H]1O. The number of carbonyl (C=O) groups is 1. The molecule has 0 aromatic rings. The van der Waals surface area contributed by atoms with E-state index in [0.29, 0.717) is 0 Å². The van der Waals surface area contributed by atoms with Gasteiger partial charge >= 0.3 is 5.97 Å². The first-order chi connectivity index (χ1) is 7.56. The van der Waals surface area contributed by atoms with Crippen LogP contribution in [0.5, 0.6) is 0 Å². The van der Waals surface area contributed by atoms with E-state index in [4.69, 9.17) is 9.16 Å². The Hall–Kier alpha value is -0.433. The second-order valence-electron chi connectivity index (χ2n) is 5.98. The fourth-order valence-electron chi connectivity index (χ4n) is 1.27. The van der Waals surface area contributed by atoms with Crippen molar-refractivity contribution in [2.75, 3.05) is 6.61 Å². The van der Waals surface area contributed by atoms with Gasteiger partial charge in [-0.2, -0.15) is 0 Å². The summed E-state index contributed by atoms with van der Waals surface area (Å²) in [6.07, 6.45) is -3.39. The average molecular weight is 262 g/mol. The highest BCUT2D eigenvalue weighted by Gasteiger charge is 2.45. The lowest BCUT2D eigenvalue weighted by Gasteiger charge is -2.36. The van der Waals surface area contributed by atoms with Gasteiger partial charge in [0.1, 0.15) is 6.10 Å². The van der Waals surface area contributed by atoms with E-state index >= 15 is 0 Å². The monoisotopic (exact) mass is 262 g/mol. The predicted molar refractivity (Wildman–Crippen MR) is 65.0 cm³/mol. The molecule has 1 aliphatic rings. The summed E-state index contributed by atoms with van der Waals surface area (Å²) >= 11 is 0. The molecule has 0 radical (unpaired) electrons. The maximum absolute atomic E-state index is 11.0. The highest BCUT2D eigenvalue weighted by molar-refractivity contribution is 6.74. The molecule has 1 saturated heterocycles. The number of rotatable bonds is 3. The molecule has 0 aliphatic carbocycles. The molecule has 6 heteroatoms. The summed E-state index contributed by atoms with van der Waals surface area (Å²) in [4.78, 5) is 11.0. The largest absolute Gasteiger partial charge is 0.455 e. The molecular weight excluding hydrogens is 240 g/mol. The minimum Gasteiger partial charge on any atom is -0.455 e. The van der Waals surface area contributed by atoms with Crippen molar-refractivity contribution < 1.29 is 24.2 Å². The smallest absolute Gasteiger partial charge is 0.338 e. The molecule has 0 spiro atoms. The first-order valence-electron chi connectivity index (χ1n) is 5.77. The molecular formula is C11H22O5Si. The third-order valence-electron chi connectivity index (χ3n) is 3.63. The van der Waals surface area contributed by atoms with Gasteiger partial charge in [-0.3, -0.25) is 0 Å². The van der Waals surface area contributed by atoms with Crippen molar-refractivity contribution in [1.29, 1.82) is 0 Å². The Balaban J connectivity index is 2.55. The van der Waals surface area contributed by atoms with Crippen molar-refractivity contribution in [3.63, 3.8) is 0 Å². The lowest BCUT2D eigenvalue weighted by molar-refractivity contribution is -0.148. The number of carbonyl (C=O) groups excluding carboxylic acids is 1. The fraction of sp³-hybridized carbons (Fsp3) is 0.909. The molecule has 1 aliphatic heterocycles. The molecule has 1 rings (SSSR count). The van der Waals surface area contributed by atoms with Crippen molar-refractivity contribution in [2.45, 2.75) is 57.2 Å². The van der Waals surface area contributed by atoms with E-state index in [1.165, 1.54) is 0 Å². The van der Waals surface area contributed by atoms with Gasteiger partial charge < -0.3 is 19.4 Å². The van der Waals surface area contributed by atoms with Crippen LogP contribution in [0, 0.1) is 0 Å². The molecule has 3 atom stereocenters. The van der Waals surface area contributed by atoms with E-state index in [-0.39, 0.29) is 11.6 Å². The van der Waals surface area contributed by atoms with Crippen molar-refractivity contribution in [3.8, 4) is 0 Å². The summed E-state index contributed by atoms with van der Waals surface area (Å²) in [5, 5.41) is 18.9. The molecule has 0 bridgehead atoms. The average Bonchev–Trinajstić information content (AvgIpc) is 2.41. The quantitative estimate of drug-likeness (QED) is 0.577. The van der Waals surface area contributed by atoms with Crippen LogP contribution in [0.2, 0.25) is 18.1 Å². The van der Waals surface area contributed by atoms with Crippen molar-refractivity contribution in [2.24, 2.45) is 0 Å². The number of esters is 1. The zero-order valence-electron chi connectivity index (χ0n) is 11.1. The Labute approximate surface area is 103 Å². The van der Waals surface area contributed by atoms with E-state index in [9.17, 15) is 15.0 Å². The molecule has 1 heterocycles. The second kappa shape index (κ2) is 4.68. The summed E-state index contributed by atoms with van der Waals surface area (Å²) in [5.74, 6) is -0.777. The lowest BCUT2D eigenvalue weighted by atomic mass is 10.1. The molecule has 2 N–H and O–H groups in total. The molecule has 0 unspecified atom stereocenters. The molecule has 1 fully saturated rings. The maximum Gasteiger partial charge on any atom is 0.338 e. The molecule has 17 heavy (non-hydrogen) atoms. The summed E-state index contributed by atoms with van der Waals surface area (Å²) in [6.45, 7) is 10.6. The highest BCUT2D eigenvalue weighted by atomic mass is 28.4. The number of hydrogen-bond acceptors (Lipinski definition) is 5. The van der Waals surface area contributed by atoms with E-state index in [2.05, 4.69) is 33.9 Å². The van der Waals surface area contributed by atoms with Crippen LogP contribution >= 0.6 is 0 Å². The van der Waals surface area contributed by atoms with Gasteiger partial charge in [0.2, 0.25) is 0 Å². The van der Waals surface area contributed by atoms with E-state index in [1.54, 1.807) is 0 Å². The number of aliphatic hydroxyl groups excluding tert-OH is 2. The van der Waals surface area contributed by atoms with Gasteiger partial charge in [0, 0.05) is 0 Å². The Morgan fingerprint density at radius 3 is 2.24 bits per heavy atom. The highest BCUT2D eigenvalue weighted by Crippen LogP contribution is 2.36. The van der Waals surface area contributed by atoms with Gasteiger partial charge in [0.15, 0.2) is 20.5 Å². The van der Waals surface area contributed by atoms with Crippen molar-refractivity contribution in [3.05, 3.63) is 0 Å². The van der Waals surface area contributed by atoms with Crippen LogP contribution in [0.25, 0.3) is 0 Å². The van der Waals surface area contributed by atoms with Crippen LogP contribution in [0.1, 0.15) is 20.8 Å². The Bertz CT molecular complexity index is 297. The van der Waals surface area contributed by atoms with Crippen LogP contribution < -0.4 is 0 Å². The Kier molecular flexibility index (Phi) is 4.03. The normalized spacial score (nSPS) is 30.5. The van der Waals surface area contributed by atoms with Crippen LogP contribution in [0.4, 0.5) is 0 Å². The number of aliphatic hydroxyl groups is 2. The number of cyclic esters (lactones) is 1. The molecule has 0 saturated carbocycles. The van der Waals surface area contributed by atoms with Gasteiger partial charge in [0.25, 0.3) is 0 Å². The first-order valence-corrected chi connectivity index (χ1v) is 8.67. The Morgan fingerprint density at radius 1 is 1.35 bits per heavy atom. The molecule has 100 valence electrons. The minimum atomic E-state index is -1.93. The predicted octanol–water partition coefficient (Wildman–Crippen LogP) is 0.655. The number of ether oxygens (including phenoxy) is 1. The van der Waals surface area contributed by atoms with Gasteiger partial charge in [0.05, 0.1) is 6.61 Å². The van der Waals surface area contributed by atoms with E-state index in [0.717, 1.165) is 0 Å². The molecule has 0 amide bonds. The van der Waals surface area contributed by atoms with Crippen LogP contribution in [0.15, 0.2) is 0 Å². The number of hydrogen-bond donors (Lipinski definition) is 2. The third-order valence-corrected chi connectivity index (χ3v) is 8.13. The zero-order chi connectivity index (χ0) is 13.4. The van der Waals surface area contributed by atoms with Gasteiger partial charge in [-0.15, -0.1) is 0 Å². The summed E-state index contributed by atoms with van der Waals surface area (Å²) < 4.78 is 10.7. The summed E-state index contributed by atoms with van der Waals surface area (Å²) in [5.41, 5.74) is 0. The third kappa shape index (κ3) is 3.07. The van der Waals surface area contributed by atoms with Crippen LogP contribution in [-0.2, 0) is 14.0 Å². The zero-order valence-corrected chi connectivity index (χ0v) is 12.1. The van der Waals surface area contributed by atoms with Gasteiger partial charge in [-0.25, -0.2) is 4.79 Å².